The summed E-state index contributed by atoms with van der Waals surface area (Å²) >= 11 is 11.8. The number of amides is 1. The van der Waals surface area contributed by atoms with Gasteiger partial charge in [-0.15, -0.1) is 0 Å². The summed E-state index contributed by atoms with van der Waals surface area (Å²) in [7, 11) is 1.45. The van der Waals surface area contributed by atoms with Gasteiger partial charge in [-0.1, -0.05) is 28.4 Å². The lowest BCUT2D eigenvalue weighted by molar-refractivity contribution is -0.123. The fraction of sp³-hybridized carbons (Fsp3) is 0.273. The summed E-state index contributed by atoms with van der Waals surface area (Å²) in [4.78, 5) is 28.9. The van der Waals surface area contributed by atoms with Crippen LogP contribution in [-0.2, 0) is 16.1 Å². The normalized spacial score (nSPS) is 11.6. The monoisotopic (exact) mass is 493 g/mol. The van der Waals surface area contributed by atoms with Gasteiger partial charge in [0.15, 0.2) is 23.4 Å². The van der Waals surface area contributed by atoms with Crippen LogP contribution in [0.25, 0.3) is 0 Å². The third kappa shape index (κ3) is 5.94. The van der Waals surface area contributed by atoms with Crippen LogP contribution in [-0.4, -0.2) is 35.2 Å². The number of pyridine rings is 1. The van der Waals surface area contributed by atoms with Gasteiger partial charge in [-0.05, 0) is 45.0 Å². The molecule has 0 fully saturated rings. The Bertz CT molecular complexity index is 1160. The average Bonchev–Trinajstić information content (AvgIpc) is 3.11. The van der Waals surface area contributed by atoms with Gasteiger partial charge in [0.2, 0.25) is 0 Å². The lowest BCUT2D eigenvalue weighted by Gasteiger charge is -2.15. The van der Waals surface area contributed by atoms with Crippen molar-refractivity contribution in [2.45, 2.75) is 33.5 Å². The van der Waals surface area contributed by atoms with Crippen LogP contribution in [0.3, 0.4) is 0 Å². The van der Waals surface area contributed by atoms with Crippen molar-refractivity contribution in [3.63, 3.8) is 0 Å². The SMILES string of the molecule is COc1cc(C(=O)O[C@@H](C)C(=O)Nc2ncc(Cl)cc2Cl)ccc1OCc1c(C)noc1C. The fourth-order valence-corrected chi connectivity index (χ4v) is 3.21. The van der Waals surface area contributed by atoms with E-state index in [-0.39, 0.29) is 23.0 Å². The highest BCUT2D eigenvalue weighted by molar-refractivity contribution is 6.36. The first-order valence-corrected chi connectivity index (χ1v) is 10.5. The van der Waals surface area contributed by atoms with Crippen LogP contribution in [0.1, 0.15) is 34.3 Å². The third-order valence-corrected chi connectivity index (χ3v) is 5.15. The first-order valence-electron chi connectivity index (χ1n) is 9.75. The first-order chi connectivity index (χ1) is 15.7. The molecule has 3 rings (SSSR count). The van der Waals surface area contributed by atoms with Gasteiger partial charge in [0.05, 0.1) is 34.0 Å². The van der Waals surface area contributed by atoms with E-state index < -0.39 is 18.0 Å². The molecule has 11 heteroatoms. The zero-order chi connectivity index (χ0) is 24.1. The molecule has 0 aliphatic carbocycles. The van der Waals surface area contributed by atoms with Crippen molar-refractivity contribution in [2.75, 3.05) is 12.4 Å². The largest absolute Gasteiger partial charge is 0.493 e. The van der Waals surface area contributed by atoms with E-state index in [4.69, 9.17) is 41.9 Å². The molecular weight excluding hydrogens is 473 g/mol. The van der Waals surface area contributed by atoms with E-state index in [1.807, 2.05) is 6.92 Å². The number of benzene rings is 1. The molecular formula is C22H21Cl2N3O6. The minimum absolute atomic E-state index is 0.107. The second-order valence-electron chi connectivity index (χ2n) is 6.98. The highest BCUT2D eigenvalue weighted by Gasteiger charge is 2.22. The van der Waals surface area contributed by atoms with Crippen molar-refractivity contribution in [1.82, 2.24) is 10.1 Å². The number of esters is 1. The maximum absolute atomic E-state index is 12.6. The number of hydrogen-bond acceptors (Lipinski definition) is 8. The number of carbonyl (C=O) groups is 2. The van der Waals surface area contributed by atoms with E-state index >= 15 is 0 Å². The summed E-state index contributed by atoms with van der Waals surface area (Å²) in [6, 6.07) is 5.99. The zero-order valence-corrected chi connectivity index (χ0v) is 19.8. The predicted octanol–water partition coefficient (Wildman–Crippen LogP) is 4.76. The molecule has 1 N–H and O–H groups in total. The van der Waals surface area contributed by atoms with Crippen molar-refractivity contribution in [3.05, 3.63) is 63.1 Å². The molecule has 9 nitrogen and oxygen atoms in total. The Morgan fingerprint density at radius 3 is 2.58 bits per heavy atom. The molecule has 174 valence electrons. The minimum atomic E-state index is -1.12. The molecule has 1 aromatic carbocycles. The van der Waals surface area contributed by atoms with Gasteiger partial charge < -0.3 is 24.1 Å². The number of methoxy groups -OCH3 is 1. The Morgan fingerprint density at radius 1 is 1.18 bits per heavy atom. The summed E-state index contributed by atoms with van der Waals surface area (Å²) in [6.07, 6.45) is 0.217. The van der Waals surface area contributed by atoms with E-state index in [0.717, 1.165) is 11.3 Å². The lowest BCUT2D eigenvalue weighted by Crippen LogP contribution is -2.30. The van der Waals surface area contributed by atoms with E-state index in [9.17, 15) is 9.59 Å². The van der Waals surface area contributed by atoms with Crippen molar-refractivity contribution in [1.29, 1.82) is 0 Å². The van der Waals surface area contributed by atoms with Crippen LogP contribution in [0.4, 0.5) is 5.82 Å². The molecule has 2 heterocycles. The lowest BCUT2D eigenvalue weighted by atomic mass is 10.2. The molecule has 1 amide bonds. The molecule has 1 atom stereocenters. The van der Waals surface area contributed by atoms with Gasteiger partial charge in [-0.3, -0.25) is 4.79 Å². The van der Waals surface area contributed by atoms with E-state index in [1.165, 1.54) is 38.4 Å². The Balaban J connectivity index is 1.64. The molecule has 0 unspecified atom stereocenters. The topological polar surface area (TPSA) is 113 Å². The van der Waals surface area contributed by atoms with Gasteiger partial charge in [-0.25, -0.2) is 9.78 Å². The number of rotatable bonds is 8. The zero-order valence-electron chi connectivity index (χ0n) is 18.3. The van der Waals surface area contributed by atoms with Gasteiger partial charge in [-0.2, -0.15) is 0 Å². The third-order valence-electron chi connectivity index (χ3n) is 4.66. The summed E-state index contributed by atoms with van der Waals surface area (Å²) in [6.45, 7) is 5.26. The summed E-state index contributed by atoms with van der Waals surface area (Å²) in [5.41, 5.74) is 1.74. The number of hydrogen-bond donors (Lipinski definition) is 1. The molecule has 0 aliphatic heterocycles. The van der Waals surface area contributed by atoms with Gasteiger partial charge in [0.1, 0.15) is 12.4 Å². The van der Waals surface area contributed by atoms with Gasteiger partial charge in [0.25, 0.3) is 5.91 Å². The summed E-state index contributed by atoms with van der Waals surface area (Å²) in [5.74, 6) is 0.188. The van der Waals surface area contributed by atoms with E-state index in [2.05, 4.69) is 15.5 Å². The van der Waals surface area contributed by atoms with Gasteiger partial charge in [0, 0.05) is 6.20 Å². The van der Waals surface area contributed by atoms with Crippen LogP contribution in [0.15, 0.2) is 35.0 Å². The fourth-order valence-electron chi connectivity index (χ4n) is 2.78. The Hall–Kier alpha value is -3.30. The van der Waals surface area contributed by atoms with E-state index in [0.29, 0.717) is 22.3 Å². The van der Waals surface area contributed by atoms with Crippen LogP contribution in [0, 0.1) is 13.8 Å². The molecule has 3 aromatic rings. The standard InChI is InChI=1S/C22H21Cl2N3O6/c1-11-16(12(2)33-27-11)10-31-18-6-5-14(7-19(18)30-4)22(29)32-13(3)21(28)26-20-17(24)8-15(23)9-25-20/h5-9,13H,10H2,1-4H3,(H,25,26,28)/t13-/m0/s1. The number of halogens is 2. The van der Waals surface area contributed by atoms with Crippen LogP contribution >= 0.6 is 23.2 Å². The number of ether oxygens (including phenoxy) is 3. The molecule has 0 radical (unpaired) electrons. The molecule has 0 bridgehead atoms. The smallest absolute Gasteiger partial charge is 0.339 e. The highest BCUT2D eigenvalue weighted by atomic mass is 35.5. The van der Waals surface area contributed by atoms with Crippen molar-refractivity contribution in [3.8, 4) is 11.5 Å². The molecule has 0 spiro atoms. The summed E-state index contributed by atoms with van der Waals surface area (Å²) in [5, 5.41) is 6.86. The van der Waals surface area contributed by atoms with Crippen molar-refractivity contribution in [2.24, 2.45) is 0 Å². The molecule has 0 saturated carbocycles. The Morgan fingerprint density at radius 2 is 1.94 bits per heavy atom. The number of anilines is 1. The molecule has 33 heavy (non-hydrogen) atoms. The first kappa shape index (κ1) is 24.3. The number of carbonyl (C=O) groups excluding carboxylic acids is 2. The maximum Gasteiger partial charge on any atom is 0.339 e. The Kier molecular flexibility index (Phi) is 7.78. The van der Waals surface area contributed by atoms with E-state index in [1.54, 1.807) is 13.0 Å². The van der Waals surface area contributed by atoms with Crippen LogP contribution < -0.4 is 14.8 Å². The quantitative estimate of drug-likeness (QED) is 0.446. The second-order valence-corrected chi connectivity index (χ2v) is 7.82. The maximum atomic E-state index is 12.6. The highest BCUT2D eigenvalue weighted by Crippen LogP contribution is 2.30. The van der Waals surface area contributed by atoms with Crippen molar-refractivity contribution < 1.29 is 28.3 Å². The van der Waals surface area contributed by atoms with Gasteiger partial charge >= 0.3 is 5.97 Å². The number of aromatic nitrogens is 2. The summed E-state index contributed by atoms with van der Waals surface area (Å²) < 4.78 is 21.5. The van der Waals surface area contributed by atoms with Crippen LogP contribution in [0.5, 0.6) is 11.5 Å². The molecule has 0 aliphatic rings. The predicted molar refractivity (Wildman–Crippen MR) is 121 cm³/mol. The number of nitrogens with one attached hydrogen (secondary N) is 1. The number of aryl methyl sites for hydroxylation is 2. The molecule has 2 aromatic heterocycles. The molecule has 0 saturated heterocycles. The Labute approximate surface area is 199 Å². The average molecular weight is 494 g/mol. The number of nitrogens with zero attached hydrogens (tertiary/aromatic N) is 2. The van der Waals surface area contributed by atoms with Crippen LogP contribution in [0.2, 0.25) is 10.0 Å². The van der Waals surface area contributed by atoms with Crippen molar-refractivity contribution >= 4 is 40.9 Å². The second kappa shape index (κ2) is 10.5. The minimum Gasteiger partial charge on any atom is -0.493 e.